The van der Waals surface area contributed by atoms with Gasteiger partial charge in [-0.15, -0.1) is 0 Å². The van der Waals surface area contributed by atoms with Gasteiger partial charge in [0.25, 0.3) is 5.91 Å². The number of terminal acetylenes is 1. The number of nitriles is 1. The molecule has 0 aromatic heterocycles. The number of nitrogens with zero attached hydrogens (tertiary/aromatic N) is 2. The Morgan fingerprint density at radius 2 is 1.79 bits per heavy atom. The fraction of sp³-hybridized carbons (Fsp3) is 0.333. The van der Waals surface area contributed by atoms with E-state index >= 15 is 0 Å². The molecule has 0 radical (unpaired) electrons. The van der Waals surface area contributed by atoms with Gasteiger partial charge in [0.05, 0.1) is 11.6 Å². The first-order chi connectivity index (χ1) is 13.5. The Kier molecular flexibility index (Phi) is 7.66. The second-order valence-electron chi connectivity index (χ2n) is 7.20. The van der Waals surface area contributed by atoms with Crippen molar-refractivity contribution in [2.75, 3.05) is 6.54 Å². The minimum absolute atomic E-state index is 0.144. The predicted molar refractivity (Wildman–Crippen MR) is 112 cm³/mol. The summed E-state index contributed by atoms with van der Waals surface area (Å²) in [4.78, 5) is 15.1. The summed E-state index contributed by atoms with van der Waals surface area (Å²) in [6.07, 6.45) is 8.50. The number of aryl methyl sites for hydroxylation is 2. The van der Waals surface area contributed by atoms with E-state index in [1.165, 1.54) is 5.56 Å². The minimum atomic E-state index is 0.144. The summed E-state index contributed by atoms with van der Waals surface area (Å²) in [5.74, 6) is 0.144. The van der Waals surface area contributed by atoms with Crippen LogP contribution in [-0.2, 0) is 6.42 Å². The maximum absolute atomic E-state index is 13.1. The Morgan fingerprint density at radius 3 is 2.36 bits per heavy atom. The molecule has 4 nitrogen and oxygen atoms in total. The van der Waals surface area contributed by atoms with Gasteiger partial charge in [-0.2, -0.15) is 5.26 Å². The number of amides is 1. The number of hydrogen-bond donors (Lipinski definition) is 1. The van der Waals surface area contributed by atoms with Crippen molar-refractivity contribution in [1.82, 2.24) is 4.90 Å². The van der Waals surface area contributed by atoms with Crippen molar-refractivity contribution in [3.05, 3.63) is 70.3 Å². The standard InChI is InChI=1S/C22H24N2O.C2H3N/c1-16-11-17(2)13-20(12-16)22(25)24-10-4-3-5-21(24)14-18-6-8-19(15-23)9-7-18;1-2-3/h6-9,11-13,21H,3-5,10,14H2,1-2H3;1H,3H2. The van der Waals surface area contributed by atoms with E-state index in [0.29, 0.717) is 5.56 Å². The molecule has 1 saturated heterocycles. The summed E-state index contributed by atoms with van der Waals surface area (Å²) in [5, 5.41) is 8.93. The summed E-state index contributed by atoms with van der Waals surface area (Å²) in [6, 6.07) is 17.9. The Hall–Kier alpha value is -3.24. The Labute approximate surface area is 168 Å². The highest BCUT2D eigenvalue weighted by Gasteiger charge is 2.27. The number of rotatable bonds is 3. The van der Waals surface area contributed by atoms with Gasteiger partial charge in [-0.25, -0.2) is 0 Å². The minimum Gasteiger partial charge on any atom is -0.360 e. The molecule has 2 aromatic rings. The molecule has 1 atom stereocenters. The topological polar surface area (TPSA) is 70.1 Å². The molecule has 1 fully saturated rings. The van der Waals surface area contributed by atoms with E-state index in [-0.39, 0.29) is 11.9 Å². The third-order valence-corrected chi connectivity index (χ3v) is 4.91. The predicted octanol–water partition coefficient (Wildman–Crippen LogP) is 3.95. The Balaban J connectivity index is 0.000000878. The Morgan fingerprint density at radius 1 is 1.18 bits per heavy atom. The molecular weight excluding hydrogens is 346 g/mol. The number of benzene rings is 2. The van der Waals surface area contributed by atoms with Crippen LogP contribution in [0.5, 0.6) is 0 Å². The zero-order chi connectivity index (χ0) is 20.5. The fourth-order valence-electron chi connectivity index (χ4n) is 3.73. The van der Waals surface area contributed by atoms with Crippen molar-refractivity contribution < 1.29 is 4.79 Å². The molecule has 0 saturated carbocycles. The van der Waals surface area contributed by atoms with E-state index in [9.17, 15) is 4.79 Å². The lowest BCUT2D eigenvalue weighted by Gasteiger charge is -2.36. The SMILES string of the molecule is C#CN.Cc1cc(C)cc(C(=O)N2CCCCC2Cc2ccc(C#N)cc2)c1. The molecule has 1 aliphatic rings. The number of likely N-dealkylation sites (tertiary alicyclic amines) is 1. The van der Waals surface area contributed by atoms with Crippen LogP contribution in [0.1, 0.15) is 51.9 Å². The largest absolute Gasteiger partial charge is 0.360 e. The molecule has 2 aromatic carbocycles. The summed E-state index contributed by atoms with van der Waals surface area (Å²) >= 11 is 0. The van der Waals surface area contributed by atoms with Gasteiger partial charge in [-0.3, -0.25) is 4.79 Å². The molecule has 3 rings (SSSR count). The van der Waals surface area contributed by atoms with Crippen molar-refractivity contribution in [3.8, 4) is 18.5 Å². The van der Waals surface area contributed by atoms with Gasteiger partial charge in [0.2, 0.25) is 0 Å². The third kappa shape index (κ3) is 5.63. The van der Waals surface area contributed by atoms with Crippen molar-refractivity contribution >= 4 is 5.91 Å². The lowest BCUT2D eigenvalue weighted by molar-refractivity contribution is 0.0613. The van der Waals surface area contributed by atoms with E-state index in [1.807, 2.05) is 50.2 Å². The average molecular weight is 374 g/mol. The van der Waals surface area contributed by atoms with Crippen LogP contribution in [0.25, 0.3) is 0 Å². The normalized spacial score (nSPS) is 15.6. The molecule has 4 heteroatoms. The lowest BCUT2D eigenvalue weighted by atomic mass is 9.94. The first-order valence-electron chi connectivity index (χ1n) is 9.53. The van der Waals surface area contributed by atoms with Gasteiger partial charge in [0.1, 0.15) is 0 Å². The number of nitrogens with two attached hydrogens (primary N) is 1. The van der Waals surface area contributed by atoms with E-state index in [2.05, 4.69) is 29.2 Å². The summed E-state index contributed by atoms with van der Waals surface area (Å²) in [5.41, 5.74) is 9.29. The molecule has 28 heavy (non-hydrogen) atoms. The molecule has 1 unspecified atom stereocenters. The van der Waals surface area contributed by atoms with Crippen LogP contribution in [0.15, 0.2) is 42.5 Å². The number of piperidine rings is 1. The van der Waals surface area contributed by atoms with E-state index in [0.717, 1.165) is 48.9 Å². The van der Waals surface area contributed by atoms with Crippen molar-refractivity contribution in [1.29, 1.82) is 5.26 Å². The molecule has 144 valence electrons. The monoisotopic (exact) mass is 373 g/mol. The van der Waals surface area contributed by atoms with E-state index in [1.54, 1.807) is 6.04 Å². The second-order valence-corrected chi connectivity index (χ2v) is 7.20. The zero-order valence-corrected chi connectivity index (χ0v) is 16.6. The highest BCUT2D eigenvalue weighted by Crippen LogP contribution is 2.24. The van der Waals surface area contributed by atoms with Crippen LogP contribution in [0.4, 0.5) is 0 Å². The molecular formula is C24H27N3O. The van der Waals surface area contributed by atoms with Crippen molar-refractivity contribution in [2.45, 2.75) is 45.6 Å². The van der Waals surface area contributed by atoms with Gasteiger partial charge in [-0.1, -0.05) is 35.7 Å². The van der Waals surface area contributed by atoms with Gasteiger partial charge in [0.15, 0.2) is 0 Å². The Bertz CT molecular complexity index is 867. The highest BCUT2D eigenvalue weighted by atomic mass is 16.2. The maximum Gasteiger partial charge on any atom is 0.254 e. The van der Waals surface area contributed by atoms with Crippen LogP contribution in [0.2, 0.25) is 0 Å². The molecule has 2 N–H and O–H groups in total. The summed E-state index contributed by atoms with van der Waals surface area (Å²) in [7, 11) is 0. The van der Waals surface area contributed by atoms with E-state index in [4.69, 9.17) is 5.26 Å². The van der Waals surface area contributed by atoms with Crippen molar-refractivity contribution in [3.63, 3.8) is 0 Å². The zero-order valence-electron chi connectivity index (χ0n) is 16.6. The fourth-order valence-corrected chi connectivity index (χ4v) is 3.73. The number of carbonyl (C=O) groups excluding carboxylic acids is 1. The highest BCUT2D eigenvalue weighted by molar-refractivity contribution is 5.95. The number of carbonyl (C=O) groups is 1. The van der Waals surface area contributed by atoms with Crippen LogP contribution < -0.4 is 5.73 Å². The van der Waals surface area contributed by atoms with Gasteiger partial charge in [0, 0.05) is 18.2 Å². The van der Waals surface area contributed by atoms with Gasteiger partial charge >= 0.3 is 0 Å². The second kappa shape index (κ2) is 10.2. The average Bonchev–Trinajstić information content (AvgIpc) is 2.68. The molecule has 0 spiro atoms. The smallest absolute Gasteiger partial charge is 0.254 e. The summed E-state index contributed by atoms with van der Waals surface area (Å²) in [6.45, 7) is 4.90. The molecule has 1 heterocycles. The van der Waals surface area contributed by atoms with Crippen LogP contribution in [0, 0.1) is 37.6 Å². The summed E-state index contributed by atoms with van der Waals surface area (Å²) < 4.78 is 0. The number of hydrogen-bond acceptors (Lipinski definition) is 3. The van der Waals surface area contributed by atoms with Gasteiger partial charge in [-0.05, 0) is 75.4 Å². The van der Waals surface area contributed by atoms with Crippen LogP contribution in [-0.4, -0.2) is 23.4 Å². The van der Waals surface area contributed by atoms with Crippen molar-refractivity contribution in [2.24, 2.45) is 5.73 Å². The molecule has 0 aliphatic carbocycles. The molecule has 1 amide bonds. The first kappa shape index (κ1) is 21.1. The van der Waals surface area contributed by atoms with Crippen LogP contribution in [0.3, 0.4) is 0 Å². The van der Waals surface area contributed by atoms with Gasteiger partial charge < -0.3 is 10.6 Å². The van der Waals surface area contributed by atoms with Crippen LogP contribution >= 0.6 is 0 Å². The molecule has 1 aliphatic heterocycles. The quantitative estimate of drug-likeness (QED) is 0.654. The third-order valence-electron chi connectivity index (χ3n) is 4.91. The lowest BCUT2D eigenvalue weighted by Crippen LogP contribution is -2.44. The maximum atomic E-state index is 13.1. The van der Waals surface area contributed by atoms with E-state index < -0.39 is 0 Å². The molecule has 0 bridgehead atoms. The first-order valence-corrected chi connectivity index (χ1v) is 9.53.